The predicted octanol–water partition coefficient (Wildman–Crippen LogP) is 1.96. The van der Waals surface area contributed by atoms with Crippen LogP contribution >= 0.6 is 11.6 Å². The molecule has 2 N–H and O–H groups in total. The SMILES string of the molecule is COCCN(CCCN(C)C)C(=O)c1ccc(Cl)c(N)c1. The number of carbonyl (C=O) groups is 1. The third-order valence-electron chi connectivity index (χ3n) is 3.13. The number of carbonyl (C=O) groups excluding carboxylic acids is 1. The molecule has 0 aliphatic heterocycles. The number of rotatable bonds is 8. The van der Waals surface area contributed by atoms with Gasteiger partial charge in [-0.15, -0.1) is 0 Å². The summed E-state index contributed by atoms with van der Waals surface area (Å²) >= 11 is 5.89. The molecule has 0 bridgehead atoms. The Labute approximate surface area is 131 Å². The second-order valence-corrected chi connectivity index (χ2v) is 5.59. The molecule has 21 heavy (non-hydrogen) atoms. The Morgan fingerprint density at radius 3 is 2.57 bits per heavy atom. The minimum atomic E-state index is -0.0471. The molecule has 0 saturated heterocycles. The lowest BCUT2D eigenvalue weighted by Gasteiger charge is -2.23. The van der Waals surface area contributed by atoms with E-state index < -0.39 is 0 Å². The maximum absolute atomic E-state index is 12.5. The molecule has 0 aromatic heterocycles. The lowest BCUT2D eigenvalue weighted by Crippen LogP contribution is -2.36. The molecule has 0 fully saturated rings. The van der Waals surface area contributed by atoms with Gasteiger partial charge in [0, 0.05) is 25.8 Å². The van der Waals surface area contributed by atoms with E-state index in [-0.39, 0.29) is 5.91 Å². The third kappa shape index (κ3) is 5.91. The molecule has 0 atom stereocenters. The molecule has 0 spiro atoms. The second-order valence-electron chi connectivity index (χ2n) is 5.18. The van der Waals surface area contributed by atoms with Crippen LogP contribution in [-0.2, 0) is 4.74 Å². The zero-order valence-corrected chi connectivity index (χ0v) is 13.7. The normalized spacial score (nSPS) is 10.9. The van der Waals surface area contributed by atoms with Crippen molar-refractivity contribution in [3.05, 3.63) is 28.8 Å². The van der Waals surface area contributed by atoms with E-state index in [0.717, 1.165) is 13.0 Å². The molecule has 118 valence electrons. The number of halogens is 1. The molecule has 1 rings (SSSR count). The maximum atomic E-state index is 12.5. The van der Waals surface area contributed by atoms with Gasteiger partial charge in [-0.05, 0) is 45.3 Å². The van der Waals surface area contributed by atoms with Crippen LogP contribution in [0.15, 0.2) is 18.2 Å². The van der Waals surface area contributed by atoms with Crippen molar-refractivity contribution in [2.75, 3.05) is 53.2 Å². The second kappa shape index (κ2) is 8.87. The van der Waals surface area contributed by atoms with Crippen molar-refractivity contribution in [2.45, 2.75) is 6.42 Å². The van der Waals surface area contributed by atoms with Gasteiger partial charge in [0.15, 0.2) is 0 Å². The third-order valence-corrected chi connectivity index (χ3v) is 3.47. The van der Waals surface area contributed by atoms with E-state index in [1.54, 1.807) is 30.2 Å². The van der Waals surface area contributed by atoms with Crippen LogP contribution in [0.5, 0.6) is 0 Å². The Balaban J connectivity index is 2.75. The van der Waals surface area contributed by atoms with Gasteiger partial charge in [0.25, 0.3) is 5.91 Å². The minimum Gasteiger partial charge on any atom is -0.398 e. The number of nitrogens with zero attached hydrogens (tertiary/aromatic N) is 2. The Bertz CT molecular complexity index is 466. The van der Waals surface area contributed by atoms with Gasteiger partial charge >= 0.3 is 0 Å². The van der Waals surface area contributed by atoms with Crippen molar-refractivity contribution < 1.29 is 9.53 Å². The van der Waals surface area contributed by atoms with Crippen LogP contribution in [0.1, 0.15) is 16.8 Å². The number of hydrogen-bond acceptors (Lipinski definition) is 4. The molecule has 1 aromatic carbocycles. The lowest BCUT2D eigenvalue weighted by molar-refractivity contribution is 0.0689. The number of hydrogen-bond donors (Lipinski definition) is 1. The molecule has 0 heterocycles. The van der Waals surface area contributed by atoms with Crippen LogP contribution in [0.25, 0.3) is 0 Å². The van der Waals surface area contributed by atoms with E-state index in [0.29, 0.717) is 36.0 Å². The number of amides is 1. The summed E-state index contributed by atoms with van der Waals surface area (Å²) in [7, 11) is 5.66. The molecule has 0 unspecified atom stereocenters. The summed E-state index contributed by atoms with van der Waals surface area (Å²) in [5.41, 5.74) is 6.74. The smallest absolute Gasteiger partial charge is 0.254 e. The van der Waals surface area contributed by atoms with Gasteiger partial charge in [-0.1, -0.05) is 11.6 Å². The molecule has 0 aliphatic carbocycles. The molecule has 0 radical (unpaired) electrons. The van der Waals surface area contributed by atoms with Crippen molar-refractivity contribution in [2.24, 2.45) is 0 Å². The number of methoxy groups -OCH3 is 1. The number of ether oxygens (including phenoxy) is 1. The highest BCUT2D eigenvalue weighted by atomic mass is 35.5. The lowest BCUT2D eigenvalue weighted by atomic mass is 10.1. The first-order chi connectivity index (χ1) is 9.95. The Morgan fingerprint density at radius 1 is 1.29 bits per heavy atom. The standard InChI is InChI=1S/C15H24ClN3O2/c1-18(2)7-4-8-19(9-10-21-3)15(20)12-5-6-13(16)14(17)11-12/h5-6,11H,4,7-10,17H2,1-3H3. The monoisotopic (exact) mass is 313 g/mol. The average Bonchev–Trinajstić information content (AvgIpc) is 2.44. The van der Waals surface area contributed by atoms with Crippen LogP contribution in [0.3, 0.4) is 0 Å². The molecular formula is C15H24ClN3O2. The zero-order chi connectivity index (χ0) is 15.8. The summed E-state index contributed by atoms with van der Waals surface area (Å²) in [6.45, 7) is 2.69. The van der Waals surface area contributed by atoms with Gasteiger partial charge in [-0.3, -0.25) is 4.79 Å². The fraction of sp³-hybridized carbons (Fsp3) is 0.533. The highest BCUT2D eigenvalue weighted by Crippen LogP contribution is 2.20. The summed E-state index contributed by atoms with van der Waals surface area (Å²) in [4.78, 5) is 16.4. The van der Waals surface area contributed by atoms with Gasteiger partial charge in [-0.25, -0.2) is 0 Å². The summed E-state index contributed by atoms with van der Waals surface area (Å²) in [6.07, 6.45) is 0.908. The number of anilines is 1. The van der Waals surface area contributed by atoms with Crippen molar-refractivity contribution in [1.82, 2.24) is 9.80 Å². The summed E-state index contributed by atoms with van der Waals surface area (Å²) in [5, 5.41) is 0.461. The number of nitrogen functional groups attached to an aromatic ring is 1. The Morgan fingerprint density at radius 2 is 2.00 bits per heavy atom. The van der Waals surface area contributed by atoms with Crippen molar-refractivity contribution >= 4 is 23.2 Å². The van der Waals surface area contributed by atoms with E-state index in [1.807, 2.05) is 14.1 Å². The van der Waals surface area contributed by atoms with Crippen LogP contribution in [0.4, 0.5) is 5.69 Å². The minimum absolute atomic E-state index is 0.0471. The van der Waals surface area contributed by atoms with Crippen molar-refractivity contribution in [1.29, 1.82) is 0 Å². The molecule has 1 aromatic rings. The molecule has 1 amide bonds. The van der Waals surface area contributed by atoms with Crippen LogP contribution in [-0.4, -0.2) is 63.2 Å². The van der Waals surface area contributed by atoms with Crippen LogP contribution in [0, 0.1) is 0 Å². The van der Waals surface area contributed by atoms with Gasteiger partial charge in [0.1, 0.15) is 0 Å². The van der Waals surface area contributed by atoms with Gasteiger partial charge < -0.3 is 20.3 Å². The first-order valence-electron chi connectivity index (χ1n) is 6.93. The molecular weight excluding hydrogens is 290 g/mol. The Hall–Kier alpha value is -1.30. The zero-order valence-electron chi connectivity index (χ0n) is 12.9. The van der Waals surface area contributed by atoms with Crippen molar-refractivity contribution in [3.63, 3.8) is 0 Å². The van der Waals surface area contributed by atoms with Gasteiger partial charge in [0.05, 0.1) is 17.3 Å². The summed E-state index contributed by atoms with van der Waals surface area (Å²) < 4.78 is 5.08. The summed E-state index contributed by atoms with van der Waals surface area (Å²) in [5.74, 6) is -0.0471. The number of benzene rings is 1. The van der Waals surface area contributed by atoms with Crippen LogP contribution < -0.4 is 5.73 Å². The van der Waals surface area contributed by atoms with Crippen LogP contribution in [0.2, 0.25) is 5.02 Å². The van der Waals surface area contributed by atoms with Crippen molar-refractivity contribution in [3.8, 4) is 0 Å². The number of nitrogens with two attached hydrogens (primary N) is 1. The molecule has 0 aliphatic rings. The van der Waals surface area contributed by atoms with E-state index in [2.05, 4.69) is 4.90 Å². The Kier molecular flexibility index (Phi) is 7.50. The first-order valence-corrected chi connectivity index (χ1v) is 7.31. The molecule has 0 saturated carbocycles. The largest absolute Gasteiger partial charge is 0.398 e. The highest BCUT2D eigenvalue weighted by molar-refractivity contribution is 6.33. The van der Waals surface area contributed by atoms with Gasteiger partial charge in [0.2, 0.25) is 0 Å². The van der Waals surface area contributed by atoms with E-state index in [4.69, 9.17) is 22.1 Å². The quantitative estimate of drug-likeness (QED) is 0.745. The fourth-order valence-electron chi connectivity index (χ4n) is 1.95. The first kappa shape index (κ1) is 17.8. The molecule has 6 heteroatoms. The van der Waals surface area contributed by atoms with Gasteiger partial charge in [-0.2, -0.15) is 0 Å². The van der Waals surface area contributed by atoms with E-state index in [1.165, 1.54) is 0 Å². The van der Waals surface area contributed by atoms with E-state index in [9.17, 15) is 4.79 Å². The highest BCUT2D eigenvalue weighted by Gasteiger charge is 2.16. The predicted molar refractivity (Wildman–Crippen MR) is 86.8 cm³/mol. The fourth-order valence-corrected chi connectivity index (χ4v) is 2.07. The molecule has 5 nitrogen and oxygen atoms in total. The summed E-state index contributed by atoms with van der Waals surface area (Å²) in [6, 6.07) is 4.97. The maximum Gasteiger partial charge on any atom is 0.254 e. The average molecular weight is 314 g/mol. The van der Waals surface area contributed by atoms with E-state index >= 15 is 0 Å². The topological polar surface area (TPSA) is 58.8 Å².